The van der Waals surface area contributed by atoms with Crippen LogP contribution in [0.25, 0.3) is 0 Å². The largest absolute Gasteiger partial charge is 0.312 e. The second kappa shape index (κ2) is 5.75. The summed E-state index contributed by atoms with van der Waals surface area (Å²) in [5.41, 5.74) is 0. The zero-order chi connectivity index (χ0) is 10.6. The highest BCUT2D eigenvalue weighted by atomic mass is 14.9. The van der Waals surface area contributed by atoms with Gasteiger partial charge in [-0.25, -0.2) is 0 Å². The highest BCUT2D eigenvalue weighted by Gasteiger charge is 2.27. The van der Waals surface area contributed by atoms with Crippen LogP contribution in [0.3, 0.4) is 0 Å². The van der Waals surface area contributed by atoms with E-state index in [1.807, 2.05) is 0 Å². The maximum atomic E-state index is 3.74. The van der Waals surface area contributed by atoms with E-state index >= 15 is 0 Å². The molecule has 1 nitrogen and oxygen atoms in total. The molecule has 1 atom stereocenters. The fourth-order valence-electron chi connectivity index (χ4n) is 2.24. The van der Waals surface area contributed by atoms with E-state index in [0.29, 0.717) is 6.04 Å². The van der Waals surface area contributed by atoms with Crippen LogP contribution in [-0.2, 0) is 0 Å². The van der Waals surface area contributed by atoms with Crippen molar-refractivity contribution in [3.63, 3.8) is 0 Å². The molecule has 1 N–H and O–H groups in total. The molecule has 84 valence electrons. The molecule has 1 saturated carbocycles. The molecule has 1 rings (SSSR count). The Morgan fingerprint density at radius 1 is 1.07 bits per heavy atom. The summed E-state index contributed by atoms with van der Waals surface area (Å²) >= 11 is 0. The van der Waals surface area contributed by atoms with Crippen molar-refractivity contribution in [1.82, 2.24) is 5.32 Å². The van der Waals surface area contributed by atoms with E-state index in [1.165, 1.54) is 32.1 Å². The van der Waals surface area contributed by atoms with Crippen LogP contribution in [0, 0.1) is 11.8 Å². The van der Waals surface area contributed by atoms with Crippen LogP contribution in [0.4, 0.5) is 0 Å². The third kappa shape index (κ3) is 4.00. The molecule has 0 saturated heterocycles. The SMILES string of the molecule is CC(C)CC[C@@H](NC(C)C)C1CCC1. The van der Waals surface area contributed by atoms with E-state index in [0.717, 1.165) is 17.9 Å². The van der Waals surface area contributed by atoms with Crippen LogP contribution in [0.2, 0.25) is 0 Å². The van der Waals surface area contributed by atoms with Gasteiger partial charge in [0.2, 0.25) is 0 Å². The standard InChI is InChI=1S/C13H27N/c1-10(2)8-9-13(14-11(3)4)12-6-5-7-12/h10-14H,5-9H2,1-4H3/t13-/m1/s1. The zero-order valence-electron chi connectivity index (χ0n) is 10.3. The number of hydrogen-bond acceptors (Lipinski definition) is 1. The maximum Gasteiger partial charge on any atom is 0.00977 e. The summed E-state index contributed by atoms with van der Waals surface area (Å²) in [5.74, 6) is 1.84. The molecule has 0 radical (unpaired) electrons. The van der Waals surface area contributed by atoms with Crippen LogP contribution >= 0.6 is 0 Å². The van der Waals surface area contributed by atoms with Crippen molar-refractivity contribution >= 4 is 0 Å². The first-order valence-corrected chi connectivity index (χ1v) is 6.35. The average molecular weight is 197 g/mol. The smallest absolute Gasteiger partial charge is 0.00977 e. The highest BCUT2D eigenvalue weighted by Crippen LogP contribution is 2.32. The van der Waals surface area contributed by atoms with Crippen LogP contribution < -0.4 is 5.32 Å². The molecule has 0 heterocycles. The van der Waals surface area contributed by atoms with Gasteiger partial charge in [0.1, 0.15) is 0 Å². The van der Waals surface area contributed by atoms with Gasteiger partial charge in [-0.05, 0) is 37.5 Å². The Hall–Kier alpha value is -0.0400. The van der Waals surface area contributed by atoms with Crippen molar-refractivity contribution in [1.29, 1.82) is 0 Å². The zero-order valence-corrected chi connectivity index (χ0v) is 10.3. The lowest BCUT2D eigenvalue weighted by Gasteiger charge is -2.36. The predicted octanol–water partition coefficient (Wildman–Crippen LogP) is 3.59. The molecule has 1 fully saturated rings. The summed E-state index contributed by atoms with van der Waals surface area (Å²) in [6.07, 6.45) is 7.13. The Morgan fingerprint density at radius 2 is 1.71 bits per heavy atom. The topological polar surface area (TPSA) is 12.0 Å². The average Bonchev–Trinajstić information content (AvgIpc) is 1.95. The Morgan fingerprint density at radius 3 is 2.07 bits per heavy atom. The minimum Gasteiger partial charge on any atom is -0.312 e. The molecule has 14 heavy (non-hydrogen) atoms. The number of hydrogen-bond donors (Lipinski definition) is 1. The Kier molecular flexibility index (Phi) is 4.94. The minimum absolute atomic E-state index is 0.646. The van der Waals surface area contributed by atoms with Gasteiger partial charge in [-0.15, -0.1) is 0 Å². The minimum atomic E-state index is 0.646. The summed E-state index contributed by atoms with van der Waals surface area (Å²) in [4.78, 5) is 0. The van der Waals surface area contributed by atoms with Gasteiger partial charge < -0.3 is 5.32 Å². The van der Waals surface area contributed by atoms with Gasteiger partial charge in [0, 0.05) is 12.1 Å². The summed E-state index contributed by atoms with van der Waals surface area (Å²) in [6, 6.07) is 1.44. The summed E-state index contributed by atoms with van der Waals surface area (Å²) in [5, 5.41) is 3.74. The van der Waals surface area contributed by atoms with Gasteiger partial charge in [-0.3, -0.25) is 0 Å². The van der Waals surface area contributed by atoms with E-state index in [9.17, 15) is 0 Å². The molecule has 0 aromatic heterocycles. The van der Waals surface area contributed by atoms with Crippen LogP contribution in [0.5, 0.6) is 0 Å². The molecule has 0 aromatic rings. The lowest BCUT2D eigenvalue weighted by molar-refractivity contribution is 0.203. The summed E-state index contributed by atoms with van der Waals surface area (Å²) in [7, 11) is 0. The molecule has 1 aliphatic rings. The van der Waals surface area contributed by atoms with Crippen LogP contribution in [0.15, 0.2) is 0 Å². The van der Waals surface area contributed by atoms with Crippen molar-refractivity contribution in [3.05, 3.63) is 0 Å². The molecule has 0 unspecified atom stereocenters. The quantitative estimate of drug-likeness (QED) is 0.686. The second-order valence-corrected chi connectivity index (χ2v) is 5.59. The third-order valence-corrected chi connectivity index (χ3v) is 3.32. The van der Waals surface area contributed by atoms with Crippen molar-refractivity contribution in [2.75, 3.05) is 0 Å². The monoisotopic (exact) mass is 197 g/mol. The molecular formula is C13H27N. The van der Waals surface area contributed by atoms with Crippen molar-refractivity contribution in [2.45, 2.75) is 71.9 Å². The molecule has 0 amide bonds. The summed E-state index contributed by atoms with van der Waals surface area (Å²) < 4.78 is 0. The van der Waals surface area contributed by atoms with Crippen LogP contribution in [0.1, 0.15) is 59.8 Å². The maximum absolute atomic E-state index is 3.74. The first kappa shape index (κ1) is 12.0. The third-order valence-electron chi connectivity index (χ3n) is 3.32. The van der Waals surface area contributed by atoms with E-state index in [2.05, 4.69) is 33.0 Å². The van der Waals surface area contributed by atoms with Gasteiger partial charge in [0.25, 0.3) is 0 Å². The van der Waals surface area contributed by atoms with E-state index < -0.39 is 0 Å². The molecular weight excluding hydrogens is 170 g/mol. The lowest BCUT2D eigenvalue weighted by atomic mass is 9.77. The number of rotatable bonds is 6. The molecule has 0 aliphatic heterocycles. The van der Waals surface area contributed by atoms with Gasteiger partial charge in [0.05, 0.1) is 0 Å². The molecule has 0 spiro atoms. The highest BCUT2D eigenvalue weighted by molar-refractivity contribution is 4.83. The summed E-state index contributed by atoms with van der Waals surface area (Å²) in [6.45, 7) is 9.18. The molecule has 1 aliphatic carbocycles. The number of nitrogens with one attached hydrogen (secondary N) is 1. The Balaban J connectivity index is 2.28. The Labute approximate surface area is 89.7 Å². The fourth-order valence-corrected chi connectivity index (χ4v) is 2.24. The molecule has 1 heteroatoms. The van der Waals surface area contributed by atoms with Gasteiger partial charge in [-0.2, -0.15) is 0 Å². The van der Waals surface area contributed by atoms with Gasteiger partial charge in [-0.1, -0.05) is 34.1 Å². The molecule has 0 bridgehead atoms. The van der Waals surface area contributed by atoms with Gasteiger partial charge >= 0.3 is 0 Å². The first-order valence-electron chi connectivity index (χ1n) is 6.35. The van der Waals surface area contributed by atoms with E-state index in [4.69, 9.17) is 0 Å². The first-order chi connectivity index (χ1) is 6.59. The van der Waals surface area contributed by atoms with Crippen molar-refractivity contribution in [2.24, 2.45) is 11.8 Å². The van der Waals surface area contributed by atoms with E-state index in [1.54, 1.807) is 0 Å². The van der Waals surface area contributed by atoms with E-state index in [-0.39, 0.29) is 0 Å². The van der Waals surface area contributed by atoms with Crippen molar-refractivity contribution in [3.8, 4) is 0 Å². The lowest BCUT2D eigenvalue weighted by Crippen LogP contribution is -2.43. The molecule has 0 aromatic carbocycles. The normalized spacial score (nSPS) is 20.1. The van der Waals surface area contributed by atoms with Crippen molar-refractivity contribution < 1.29 is 0 Å². The fraction of sp³-hybridized carbons (Fsp3) is 1.00. The van der Waals surface area contributed by atoms with Gasteiger partial charge in [0.15, 0.2) is 0 Å². The van der Waals surface area contributed by atoms with Crippen LogP contribution in [-0.4, -0.2) is 12.1 Å². The predicted molar refractivity (Wildman–Crippen MR) is 63.5 cm³/mol. The Bertz CT molecular complexity index is 147. The second-order valence-electron chi connectivity index (χ2n) is 5.59.